The van der Waals surface area contributed by atoms with Gasteiger partial charge in [-0.25, -0.2) is 9.18 Å². The maximum absolute atomic E-state index is 13.4. The Hall–Kier alpha value is -0.800. The van der Waals surface area contributed by atoms with Crippen molar-refractivity contribution in [2.24, 2.45) is 5.92 Å². The highest BCUT2D eigenvalue weighted by atomic mass is 35.5. The van der Waals surface area contributed by atoms with Crippen LogP contribution >= 0.6 is 11.6 Å². The van der Waals surface area contributed by atoms with E-state index in [1.54, 1.807) is 0 Å². The van der Waals surface area contributed by atoms with Crippen LogP contribution in [0.2, 0.25) is 0 Å². The van der Waals surface area contributed by atoms with Crippen LogP contribution in [0.4, 0.5) is 22.4 Å². The fraction of sp³-hybridized carbons (Fsp3) is 0.923. The average molecular weight is 361 g/mol. The Bertz CT molecular complexity index is 415. The zero-order chi connectivity index (χ0) is 17.2. The van der Waals surface area contributed by atoms with Gasteiger partial charge in [0.25, 0.3) is 0 Å². The fourth-order valence-electron chi connectivity index (χ4n) is 3.00. The average Bonchev–Trinajstić information content (AvgIpc) is 2.38. The van der Waals surface area contributed by atoms with E-state index < -0.39 is 43.0 Å². The predicted octanol–water partition coefficient (Wildman–Crippen LogP) is 2.17. The summed E-state index contributed by atoms with van der Waals surface area (Å²) in [6, 6.07) is -1.24. The third-order valence-corrected chi connectivity index (χ3v) is 4.46. The molecule has 23 heavy (non-hydrogen) atoms. The number of hydrogen-bond donors (Lipinski definition) is 4. The minimum absolute atomic E-state index is 0.0839. The number of carbonyl (C=O) groups is 1. The van der Waals surface area contributed by atoms with Crippen molar-refractivity contribution in [3.05, 3.63) is 0 Å². The fourth-order valence-corrected chi connectivity index (χ4v) is 3.40. The molecule has 6 unspecified atom stereocenters. The Morgan fingerprint density at radius 2 is 1.87 bits per heavy atom. The molecule has 1 saturated carbocycles. The van der Waals surface area contributed by atoms with Gasteiger partial charge in [-0.2, -0.15) is 13.2 Å². The lowest BCUT2D eigenvalue weighted by molar-refractivity contribution is -0.199. The van der Waals surface area contributed by atoms with Gasteiger partial charge in [-0.15, -0.1) is 11.6 Å². The molecule has 0 radical (unpaired) electrons. The molecule has 1 aliphatic heterocycles. The number of urea groups is 1. The number of halogens is 5. The minimum Gasteiger partial charge on any atom is -0.335 e. The van der Waals surface area contributed by atoms with Crippen LogP contribution in [0, 0.1) is 5.92 Å². The molecule has 1 saturated heterocycles. The second kappa shape index (κ2) is 7.40. The Kier molecular flexibility index (Phi) is 5.96. The van der Waals surface area contributed by atoms with Crippen molar-refractivity contribution in [1.29, 1.82) is 0 Å². The Morgan fingerprint density at radius 3 is 2.48 bits per heavy atom. The third kappa shape index (κ3) is 5.36. The first-order chi connectivity index (χ1) is 10.6. The molecule has 1 heterocycles. The summed E-state index contributed by atoms with van der Waals surface area (Å²) in [5.41, 5.74) is -0.312. The number of carbonyl (C=O) groups excluding carboxylic acids is 1. The maximum atomic E-state index is 13.4. The van der Waals surface area contributed by atoms with Crippen molar-refractivity contribution in [3.8, 4) is 0 Å². The monoisotopic (exact) mass is 360 g/mol. The summed E-state index contributed by atoms with van der Waals surface area (Å²) in [4.78, 5) is 11.9. The smallest absolute Gasteiger partial charge is 0.335 e. The van der Waals surface area contributed by atoms with Gasteiger partial charge in [0.05, 0.1) is 11.4 Å². The van der Waals surface area contributed by atoms with E-state index in [1.807, 2.05) is 6.92 Å². The Balaban J connectivity index is 1.83. The highest BCUT2D eigenvalue weighted by Crippen LogP contribution is 2.39. The van der Waals surface area contributed by atoms with E-state index in [0.717, 1.165) is 0 Å². The van der Waals surface area contributed by atoms with Crippen LogP contribution in [-0.2, 0) is 0 Å². The van der Waals surface area contributed by atoms with E-state index in [-0.39, 0.29) is 24.4 Å². The molecule has 4 N–H and O–H groups in total. The second-order valence-corrected chi connectivity index (χ2v) is 6.69. The van der Waals surface area contributed by atoms with Crippen molar-refractivity contribution in [2.75, 3.05) is 0 Å². The Morgan fingerprint density at radius 1 is 1.17 bits per heavy atom. The Labute approximate surface area is 136 Å². The zero-order valence-corrected chi connectivity index (χ0v) is 13.3. The SMILES string of the molecule is CC1CC(Cl)NC(NC(=O)NC2CCC(F)C(C(F)(F)F)C2)N1. The van der Waals surface area contributed by atoms with Crippen LogP contribution in [0.1, 0.15) is 32.6 Å². The van der Waals surface area contributed by atoms with Crippen molar-refractivity contribution in [2.45, 2.75) is 68.8 Å². The van der Waals surface area contributed by atoms with Gasteiger partial charge in [0.1, 0.15) is 12.5 Å². The van der Waals surface area contributed by atoms with Gasteiger partial charge in [-0.05, 0) is 32.6 Å². The van der Waals surface area contributed by atoms with E-state index in [0.29, 0.717) is 6.42 Å². The van der Waals surface area contributed by atoms with E-state index in [9.17, 15) is 22.4 Å². The molecule has 0 aromatic heterocycles. The highest BCUT2D eigenvalue weighted by Gasteiger charge is 2.48. The summed E-state index contributed by atoms with van der Waals surface area (Å²) < 4.78 is 51.7. The second-order valence-electron chi connectivity index (χ2n) is 6.16. The van der Waals surface area contributed by atoms with Gasteiger partial charge in [0.15, 0.2) is 0 Å². The molecule has 5 nitrogen and oxygen atoms in total. The lowest BCUT2D eigenvalue weighted by Gasteiger charge is -2.36. The molecule has 0 aromatic carbocycles. The molecule has 2 amide bonds. The summed E-state index contributed by atoms with van der Waals surface area (Å²) in [7, 11) is 0. The van der Waals surface area contributed by atoms with E-state index in [2.05, 4.69) is 21.3 Å². The van der Waals surface area contributed by atoms with Gasteiger partial charge >= 0.3 is 12.2 Å². The van der Waals surface area contributed by atoms with E-state index in [4.69, 9.17) is 11.6 Å². The summed E-state index contributed by atoms with van der Waals surface area (Å²) >= 11 is 5.98. The first kappa shape index (κ1) is 18.5. The van der Waals surface area contributed by atoms with Crippen molar-refractivity contribution < 1.29 is 22.4 Å². The number of alkyl halides is 5. The molecule has 0 spiro atoms. The molecule has 1 aliphatic carbocycles. The van der Waals surface area contributed by atoms with Gasteiger partial charge in [-0.1, -0.05) is 0 Å². The molecule has 134 valence electrons. The molecular weight excluding hydrogens is 340 g/mol. The van der Waals surface area contributed by atoms with Gasteiger partial charge < -0.3 is 10.6 Å². The number of amides is 2. The summed E-state index contributed by atoms with van der Waals surface area (Å²) in [5.74, 6) is -2.03. The van der Waals surface area contributed by atoms with Crippen LogP contribution in [0.15, 0.2) is 0 Å². The van der Waals surface area contributed by atoms with Crippen molar-refractivity contribution in [3.63, 3.8) is 0 Å². The summed E-state index contributed by atoms with van der Waals surface area (Å²) in [6.45, 7) is 1.90. The van der Waals surface area contributed by atoms with Crippen LogP contribution in [0.3, 0.4) is 0 Å². The number of hydrogen-bond acceptors (Lipinski definition) is 3. The van der Waals surface area contributed by atoms with Crippen LogP contribution in [0.5, 0.6) is 0 Å². The van der Waals surface area contributed by atoms with Gasteiger partial charge in [-0.3, -0.25) is 10.6 Å². The molecule has 0 bridgehead atoms. The summed E-state index contributed by atoms with van der Waals surface area (Å²) in [6.07, 6.45) is -6.87. The first-order valence-electron chi connectivity index (χ1n) is 7.59. The van der Waals surface area contributed by atoms with Gasteiger partial charge in [0.2, 0.25) is 0 Å². The van der Waals surface area contributed by atoms with Crippen molar-refractivity contribution in [1.82, 2.24) is 21.3 Å². The molecule has 2 fully saturated rings. The standard InChI is InChI=1S/C13H21ClF4N4O/c1-6-4-10(14)21-11(19-6)22-12(23)20-7-2-3-9(15)8(5-7)13(16,17)18/h6-11,19,21H,2-5H2,1H3,(H2,20,22,23). The van der Waals surface area contributed by atoms with E-state index in [1.165, 1.54) is 0 Å². The topological polar surface area (TPSA) is 65.2 Å². The normalized spacial score (nSPS) is 38.9. The summed E-state index contributed by atoms with van der Waals surface area (Å²) in [5, 5.41) is 11.0. The zero-order valence-electron chi connectivity index (χ0n) is 12.6. The van der Waals surface area contributed by atoms with E-state index >= 15 is 0 Å². The quantitative estimate of drug-likeness (QED) is 0.347. The largest absolute Gasteiger partial charge is 0.394 e. The van der Waals surface area contributed by atoms with Crippen molar-refractivity contribution >= 4 is 17.6 Å². The van der Waals surface area contributed by atoms with Crippen LogP contribution < -0.4 is 21.3 Å². The lowest BCUT2D eigenvalue weighted by Crippen LogP contribution is -2.65. The number of rotatable bonds is 2. The molecular formula is C13H21ClF4N4O. The lowest BCUT2D eigenvalue weighted by atomic mass is 9.84. The maximum Gasteiger partial charge on any atom is 0.394 e. The third-order valence-electron chi connectivity index (χ3n) is 4.16. The van der Waals surface area contributed by atoms with Crippen LogP contribution in [0.25, 0.3) is 0 Å². The minimum atomic E-state index is -4.59. The molecule has 6 atom stereocenters. The molecule has 2 rings (SSSR count). The first-order valence-corrected chi connectivity index (χ1v) is 8.02. The molecule has 10 heteroatoms. The molecule has 2 aliphatic rings. The number of nitrogens with one attached hydrogen (secondary N) is 4. The van der Waals surface area contributed by atoms with Crippen LogP contribution in [-0.4, -0.2) is 42.3 Å². The van der Waals surface area contributed by atoms with Gasteiger partial charge in [0, 0.05) is 12.1 Å². The highest BCUT2D eigenvalue weighted by molar-refractivity contribution is 6.20. The predicted molar refractivity (Wildman–Crippen MR) is 77.5 cm³/mol. The molecule has 0 aromatic rings.